The number of nitrogens with one attached hydrogen (secondary N) is 2. The fraction of sp³-hybridized carbons (Fsp3) is 0.286. The van der Waals surface area contributed by atoms with Gasteiger partial charge in [-0.15, -0.1) is 0 Å². The maximum atomic E-state index is 12.0. The second-order valence-electron chi connectivity index (χ2n) is 6.10. The quantitative estimate of drug-likeness (QED) is 0.371. The molecule has 7 nitrogen and oxygen atoms in total. The van der Waals surface area contributed by atoms with Crippen LogP contribution in [0.5, 0.6) is 5.75 Å². The molecule has 2 aromatic rings. The van der Waals surface area contributed by atoms with Crippen LogP contribution in [0.4, 0.5) is 11.4 Å². The first-order valence-electron chi connectivity index (χ1n) is 9.27. The highest BCUT2D eigenvalue weighted by molar-refractivity contribution is 6.33. The second-order valence-corrected chi connectivity index (χ2v) is 6.50. The van der Waals surface area contributed by atoms with E-state index < -0.39 is 11.8 Å². The molecule has 0 atom stereocenters. The first kappa shape index (κ1) is 22.2. The summed E-state index contributed by atoms with van der Waals surface area (Å²) >= 11 is 5.98. The number of hydrogen-bond donors (Lipinski definition) is 2. The van der Waals surface area contributed by atoms with Crippen molar-refractivity contribution >= 4 is 41.0 Å². The average Bonchev–Trinajstić information content (AvgIpc) is 2.71. The highest BCUT2D eigenvalue weighted by Gasteiger charge is 2.11. The van der Waals surface area contributed by atoms with Gasteiger partial charge in [0.05, 0.1) is 24.0 Å². The van der Waals surface area contributed by atoms with E-state index in [-0.39, 0.29) is 6.42 Å². The first-order chi connectivity index (χ1) is 14.0. The van der Waals surface area contributed by atoms with Gasteiger partial charge in [0.1, 0.15) is 12.2 Å². The van der Waals surface area contributed by atoms with Gasteiger partial charge in [-0.25, -0.2) is 5.43 Å². The molecule has 0 spiro atoms. The standard InChI is InChI=1S/C21H25ClN4O3/c1-4-26(5-2)16-11-10-15(19(12-16)29-3)14-23-25-21(28)13-20(27)24-18-9-7-6-8-17(18)22/h6-12,14H,4-5,13H2,1-3H3,(H,24,27)(H,25,28). The number of para-hydroxylation sites is 1. The maximum absolute atomic E-state index is 12.0. The molecule has 0 bridgehead atoms. The van der Waals surface area contributed by atoms with Gasteiger partial charge < -0.3 is 15.0 Å². The topological polar surface area (TPSA) is 83.0 Å². The van der Waals surface area contributed by atoms with Crippen LogP contribution in [0.1, 0.15) is 25.8 Å². The number of benzene rings is 2. The van der Waals surface area contributed by atoms with E-state index in [1.807, 2.05) is 18.2 Å². The molecule has 2 N–H and O–H groups in total. The maximum Gasteiger partial charge on any atom is 0.249 e. The van der Waals surface area contributed by atoms with Gasteiger partial charge in [-0.2, -0.15) is 5.10 Å². The Kier molecular flexibility index (Phi) is 8.48. The lowest BCUT2D eigenvalue weighted by Gasteiger charge is -2.21. The van der Waals surface area contributed by atoms with E-state index in [9.17, 15) is 9.59 Å². The van der Waals surface area contributed by atoms with Crippen LogP contribution < -0.4 is 20.4 Å². The lowest BCUT2D eigenvalue weighted by Crippen LogP contribution is -2.24. The number of methoxy groups -OCH3 is 1. The molecule has 0 aromatic heterocycles. The summed E-state index contributed by atoms with van der Waals surface area (Å²) in [7, 11) is 1.58. The van der Waals surface area contributed by atoms with E-state index in [0.29, 0.717) is 22.0 Å². The third-order valence-corrected chi connectivity index (χ3v) is 4.54. The largest absolute Gasteiger partial charge is 0.496 e. The summed E-state index contributed by atoms with van der Waals surface area (Å²) in [5, 5.41) is 6.91. The third kappa shape index (κ3) is 6.50. The van der Waals surface area contributed by atoms with E-state index in [1.54, 1.807) is 31.4 Å². The molecule has 2 aromatic carbocycles. The summed E-state index contributed by atoms with van der Waals surface area (Å²) < 4.78 is 5.42. The molecule has 0 aliphatic heterocycles. The first-order valence-corrected chi connectivity index (χ1v) is 9.65. The van der Waals surface area contributed by atoms with Crippen molar-refractivity contribution in [2.75, 3.05) is 30.4 Å². The summed E-state index contributed by atoms with van der Waals surface area (Å²) in [5.74, 6) is -0.375. The van der Waals surface area contributed by atoms with Gasteiger partial charge in [0, 0.05) is 30.4 Å². The number of hydrazone groups is 1. The fourth-order valence-corrected chi connectivity index (χ4v) is 2.89. The summed E-state index contributed by atoms with van der Waals surface area (Å²) in [6, 6.07) is 12.6. The Bertz CT molecular complexity index is 882. The lowest BCUT2D eigenvalue weighted by molar-refractivity contribution is -0.126. The molecule has 2 amide bonds. The van der Waals surface area contributed by atoms with Crippen molar-refractivity contribution in [1.29, 1.82) is 0 Å². The van der Waals surface area contributed by atoms with Gasteiger partial charge in [0.15, 0.2) is 0 Å². The smallest absolute Gasteiger partial charge is 0.249 e. The molecular weight excluding hydrogens is 392 g/mol. The molecule has 29 heavy (non-hydrogen) atoms. The molecule has 0 aliphatic carbocycles. The summed E-state index contributed by atoms with van der Waals surface area (Å²) in [6.07, 6.45) is 1.11. The van der Waals surface area contributed by atoms with E-state index in [4.69, 9.17) is 16.3 Å². The van der Waals surface area contributed by atoms with Crippen molar-refractivity contribution in [3.8, 4) is 5.75 Å². The molecule has 0 saturated carbocycles. The van der Waals surface area contributed by atoms with Crippen molar-refractivity contribution in [3.63, 3.8) is 0 Å². The van der Waals surface area contributed by atoms with Crippen LogP contribution in [0, 0.1) is 0 Å². The van der Waals surface area contributed by atoms with Crippen LogP contribution in [0.25, 0.3) is 0 Å². The number of amides is 2. The number of nitrogens with zero attached hydrogens (tertiary/aromatic N) is 2. The molecule has 8 heteroatoms. The third-order valence-electron chi connectivity index (χ3n) is 4.21. The Morgan fingerprint density at radius 3 is 2.52 bits per heavy atom. The number of anilines is 2. The Balaban J connectivity index is 1.94. The van der Waals surface area contributed by atoms with Crippen LogP contribution >= 0.6 is 11.6 Å². The van der Waals surface area contributed by atoms with Crippen LogP contribution in [-0.4, -0.2) is 38.2 Å². The molecule has 0 aliphatic rings. The average molecular weight is 417 g/mol. The number of ether oxygens (including phenoxy) is 1. The number of halogens is 1. The number of hydrogen-bond acceptors (Lipinski definition) is 5. The van der Waals surface area contributed by atoms with Crippen molar-refractivity contribution in [1.82, 2.24) is 5.43 Å². The van der Waals surface area contributed by atoms with Gasteiger partial charge in [-0.1, -0.05) is 23.7 Å². The fourth-order valence-electron chi connectivity index (χ4n) is 2.71. The number of carbonyl (C=O) groups is 2. The van der Waals surface area contributed by atoms with Crippen molar-refractivity contribution in [3.05, 3.63) is 53.1 Å². The second kappa shape index (κ2) is 11.1. The van der Waals surface area contributed by atoms with Gasteiger partial charge >= 0.3 is 0 Å². The lowest BCUT2D eigenvalue weighted by atomic mass is 10.2. The zero-order valence-corrected chi connectivity index (χ0v) is 17.5. The highest BCUT2D eigenvalue weighted by atomic mass is 35.5. The summed E-state index contributed by atoms with van der Waals surface area (Å²) in [6.45, 7) is 5.95. The van der Waals surface area contributed by atoms with E-state index in [2.05, 4.69) is 34.6 Å². The van der Waals surface area contributed by atoms with Crippen molar-refractivity contribution in [2.24, 2.45) is 5.10 Å². The van der Waals surface area contributed by atoms with E-state index in [1.165, 1.54) is 6.21 Å². The minimum Gasteiger partial charge on any atom is -0.496 e. The normalized spacial score (nSPS) is 10.6. The summed E-state index contributed by atoms with van der Waals surface area (Å²) in [4.78, 5) is 26.1. The number of rotatable bonds is 9. The molecule has 2 rings (SSSR count). The van der Waals surface area contributed by atoms with Crippen LogP contribution in [0.3, 0.4) is 0 Å². The minimum absolute atomic E-state index is 0.374. The molecule has 0 radical (unpaired) electrons. The van der Waals surface area contributed by atoms with Crippen LogP contribution in [-0.2, 0) is 9.59 Å². The van der Waals surface area contributed by atoms with E-state index >= 15 is 0 Å². The molecular formula is C21H25ClN4O3. The van der Waals surface area contributed by atoms with E-state index in [0.717, 1.165) is 18.8 Å². The van der Waals surface area contributed by atoms with Gasteiger partial charge in [0.2, 0.25) is 11.8 Å². The monoisotopic (exact) mass is 416 g/mol. The highest BCUT2D eigenvalue weighted by Crippen LogP contribution is 2.24. The van der Waals surface area contributed by atoms with Gasteiger partial charge in [-0.05, 0) is 38.1 Å². The molecule has 0 unspecified atom stereocenters. The van der Waals surface area contributed by atoms with Crippen molar-refractivity contribution < 1.29 is 14.3 Å². The minimum atomic E-state index is -0.537. The number of carbonyl (C=O) groups excluding carboxylic acids is 2. The predicted molar refractivity (Wildman–Crippen MR) is 117 cm³/mol. The SMILES string of the molecule is CCN(CC)c1ccc(C=NNC(=O)CC(=O)Nc2ccccc2Cl)c(OC)c1. The Labute approximate surface area is 175 Å². The van der Waals surface area contributed by atoms with Gasteiger partial charge in [0.25, 0.3) is 0 Å². The Hall–Kier alpha value is -3.06. The molecule has 0 saturated heterocycles. The zero-order valence-electron chi connectivity index (χ0n) is 16.7. The predicted octanol–water partition coefficient (Wildman–Crippen LogP) is 3.67. The van der Waals surface area contributed by atoms with Gasteiger partial charge in [-0.3, -0.25) is 9.59 Å². The Morgan fingerprint density at radius 1 is 1.14 bits per heavy atom. The molecule has 0 heterocycles. The van der Waals surface area contributed by atoms with Crippen molar-refractivity contribution in [2.45, 2.75) is 20.3 Å². The molecule has 0 fully saturated rings. The Morgan fingerprint density at radius 2 is 1.86 bits per heavy atom. The van der Waals surface area contributed by atoms with Crippen LogP contribution in [0.15, 0.2) is 47.6 Å². The van der Waals surface area contributed by atoms with Crippen LogP contribution in [0.2, 0.25) is 5.02 Å². The summed E-state index contributed by atoms with van der Waals surface area (Å²) in [5.41, 5.74) is 4.55. The molecule has 154 valence electrons. The zero-order chi connectivity index (χ0) is 21.2.